The van der Waals surface area contributed by atoms with Crippen LogP contribution in [-0.2, 0) is 6.18 Å². The van der Waals surface area contributed by atoms with Gasteiger partial charge in [0, 0.05) is 41.6 Å². The van der Waals surface area contributed by atoms with Gasteiger partial charge in [-0.1, -0.05) is 30.8 Å². The molecule has 30 heavy (non-hydrogen) atoms. The molecule has 1 aromatic heterocycles. The monoisotopic (exact) mass is 411 g/mol. The zero-order valence-electron chi connectivity index (χ0n) is 16.9. The van der Waals surface area contributed by atoms with E-state index in [9.17, 15) is 13.2 Å². The summed E-state index contributed by atoms with van der Waals surface area (Å²) in [5.41, 5.74) is 2.66. The molecule has 2 aromatic carbocycles. The summed E-state index contributed by atoms with van der Waals surface area (Å²) in [6, 6.07) is 11.1. The van der Waals surface area contributed by atoms with Crippen molar-refractivity contribution in [1.29, 1.82) is 0 Å². The van der Waals surface area contributed by atoms with Crippen LogP contribution in [0.25, 0.3) is 16.5 Å². The lowest BCUT2D eigenvalue weighted by Gasteiger charge is -2.31. The molecule has 1 N–H and O–H groups in total. The van der Waals surface area contributed by atoms with Gasteiger partial charge in [-0.25, -0.2) is 4.98 Å². The number of fused-ring (bicyclic) bond motifs is 1. The number of hydrogen-bond donors (Lipinski definition) is 1. The summed E-state index contributed by atoms with van der Waals surface area (Å²) in [4.78, 5) is 6.87. The number of nitrogens with one attached hydrogen (secondary N) is 1. The van der Waals surface area contributed by atoms with Crippen LogP contribution in [0.4, 0.5) is 24.7 Å². The van der Waals surface area contributed by atoms with Crippen LogP contribution in [0.1, 0.15) is 36.0 Å². The predicted molar refractivity (Wildman–Crippen MR) is 116 cm³/mol. The smallest absolute Gasteiger partial charge is 0.371 e. The molecule has 0 aliphatic carbocycles. The molecule has 6 heteroatoms. The molecule has 0 unspecified atom stereocenters. The molecular formula is C24H24F3N3. The summed E-state index contributed by atoms with van der Waals surface area (Å²) in [5.74, 6) is 0.531. The van der Waals surface area contributed by atoms with Crippen LogP contribution in [0, 0.1) is 6.92 Å². The molecule has 1 aliphatic heterocycles. The molecule has 0 amide bonds. The van der Waals surface area contributed by atoms with Gasteiger partial charge in [-0.2, -0.15) is 13.2 Å². The Morgan fingerprint density at radius 1 is 1.07 bits per heavy atom. The molecule has 156 valence electrons. The van der Waals surface area contributed by atoms with Crippen LogP contribution in [0.5, 0.6) is 0 Å². The number of aryl methyl sites for hydroxylation is 1. The third kappa shape index (κ3) is 3.99. The van der Waals surface area contributed by atoms with Crippen molar-refractivity contribution in [3.05, 3.63) is 71.9 Å². The van der Waals surface area contributed by atoms with Gasteiger partial charge >= 0.3 is 6.18 Å². The van der Waals surface area contributed by atoms with Crippen LogP contribution in [0.2, 0.25) is 0 Å². The molecule has 1 fully saturated rings. The molecule has 0 saturated carbocycles. The first-order valence-corrected chi connectivity index (χ1v) is 10.1. The van der Waals surface area contributed by atoms with Crippen molar-refractivity contribution in [3.8, 4) is 0 Å². The summed E-state index contributed by atoms with van der Waals surface area (Å²) in [6.07, 6.45) is 0.931. The molecule has 0 bridgehead atoms. The zero-order valence-corrected chi connectivity index (χ0v) is 16.9. The highest BCUT2D eigenvalue weighted by Crippen LogP contribution is 2.35. The van der Waals surface area contributed by atoms with Crippen molar-refractivity contribution >= 4 is 28.0 Å². The second-order valence-corrected chi connectivity index (χ2v) is 7.72. The molecule has 0 spiro atoms. The second kappa shape index (κ2) is 8.01. The minimum atomic E-state index is -4.39. The third-order valence-electron chi connectivity index (χ3n) is 5.62. The van der Waals surface area contributed by atoms with Gasteiger partial charge in [0.15, 0.2) is 0 Å². The fourth-order valence-electron chi connectivity index (χ4n) is 4.05. The maximum atomic E-state index is 13.1. The highest BCUT2D eigenvalue weighted by molar-refractivity contribution is 6.01. The zero-order chi connectivity index (χ0) is 21.3. The highest BCUT2D eigenvalue weighted by atomic mass is 19.4. The highest BCUT2D eigenvalue weighted by Gasteiger charge is 2.30. The summed E-state index contributed by atoms with van der Waals surface area (Å²) in [7, 11) is 0. The molecule has 0 radical (unpaired) electrons. The quantitative estimate of drug-likeness (QED) is 0.514. The first kappa shape index (κ1) is 20.3. The van der Waals surface area contributed by atoms with E-state index in [1.54, 1.807) is 12.3 Å². The van der Waals surface area contributed by atoms with Gasteiger partial charge in [-0.3, -0.25) is 0 Å². The lowest BCUT2D eigenvalue weighted by Crippen LogP contribution is -2.28. The Morgan fingerprint density at radius 3 is 2.53 bits per heavy atom. The molecular weight excluding hydrogens is 387 g/mol. The van der Waals surface area contributed by atoms with Crippen molar-refractivity contribution in [3.63, 3.8) is 0 Å². The van der Waals surface area contributed by atoms with E-state index in [-0.39, 0.29) is 0 Å². The number of alkyl halides is 3. The number of piperidine rings is 1. The predicted octanol–water partition coefficient (Wildman–Crippen LogP) is 6.76. The largest absolute Gasteiger partial charge is 0.416 e. The van der Waals surface area contributed by atoms with E-state index in [0.717, 1.165) is 65.7 Å². The normalized spacial score (nSPS) is 14.7. The van der Waals surface area contributed by atoms with Crippen molar-refractivity contribution < 1.29 is 13.2 Å². The number of aromatic nitrogens is 1. The molecule has 2 heterocycles. The first-order chi connectivity index (χ1) is 14.3. The van der Waals surface area contributed by atoms with Crippen molar-refractivity contribution in [1.82, 2.24) is 9.88 Å². The molecule has 4 rings (SSSR count). The third-order valence-corrected chi connectivity index (χ3v) is 5.62. The van der Waals surface area contributed by atoms with E-state index >= 15 is 0 Å². The van der Waals surface area contributed by atoms with E-state index in [1.165, 1.54) is 12.5 Å². The minimum Gasteiger partial charge on any atom is -0.371 e. The van der Waals surface area contributed by atoms with Crippen LogP contribution < -0.4 is 5.32 Å². The summed E-state index contributed by atoms with van der Waals surface area (Å²) >= 11 is 0. The van der Waals surface area contributed by atoms with Crippen LogP contribution in [0.15, 0.2) is 55.2 Å². The fourth-order valence-corrected chi connectivity index (χ4v) is 4.05. The summed E-state index contributed by atoms with van der Waals surface area (Å²) in [6.45, 7) is 8.33. The lowest BCUT2D eigenvalue weighted by molar-refractivity contribution is -0.137. The Bertz CT molecular complexity index is 1080. The number of rotatable bonds is 4. The van der Waals surface area contributed by atoms with E-state index in [4.69, 9.17) is 0 Å². The van der Waals surface area contributed by atoms with Gasteiger partial charge in [-0.05, 0) is 55.3 Å². The van der Waals surface area contributed by atoms with Gasteiger partial charge in [0.25, 0.3) is 0 Å². The molecule has 1 aliphatic rings. The molecule has 3 aromatic rings. The van der Waals surface area contributed by atoms with Crippen LogP contribution >= 0.6 is 0 Å². The first-order valence-electron chi connectivity index (χ1n) is 10.1. The van der Waals surface area contributed by atoms with Gasteiger partial charge in [0.1, 0.15) is 5.82 Å². The maximum absolute atomic E-state index is 13.1. The second-order valence-electron chi connectivity index (χ2n) is 7.72. The number of benzene rings is 2. The molecule has 3 nitrogen and oxygen atoms in total. The molecule has 0 atom stereocenters. The Balaban J connectivity index is 1.74. The summed E-state index contributed by atoms with van der Waals surface area (Å²) < 4.78 is 39.2. The maximum Gasteiger partial charge on any atom is 0.416 e. The van der Waals surface area contributed by atoms with Crippen LogP contribution in [-0.4, -0.2) is 23.0 Å². The summed E-state index contributed by atoms with van der Waals surface area (Å²) in [5, 5.41) is 4.97. The fraction of sp³-hybridized carbons (Fsp3) is 0.292. The van der Waals surface area contributed by atoms with E-state index in [1.807, 2.05) is 25.1 Å². The Hall–Kier alpha value is -3.02. The SMILES string of the molecule is C=C(c1cnc(Nc2cccc(C(F)(F)F)c2)c2cccc(C)c12)N1CCCCC1. The van der Waals surface area contributed by atoms with Crippen molar-refractivity contribution in [2.45, 2.75) is 32.4 Å². The van der Waals surface area contributed by atoms with Crippen LogP contribution in [0.3, 0.4) is 0 Å². The van der Waals surface area contributed by atoms with Gasteiger partial charge in [0.05, 0.1) is 5.56 Å². The van der Waals surface area contributed by atoms with Gasteiger partial charge < -0.3 is 10.2 Å². The minimum absolute atomic E-state index is 0.350. The van der Waals surface area contributed by atoms with E-state index in [0.29, 0.717) is 11.5 Å². The number of nitrogens with zero attached hydrogens (tertiary/aromatic N) is 2. The van der Waals surface area contributed by atoms with E-state index < -0.39 is 11.7 Å². The Kier molecular flexibility index (Phi) is 5.41. The number of halogens is 3. The topological polar surface area (TPSA) is 28.2 Å². The number of hydrogen-bond acceptors (Lipinski definition) is 3. The van der Waals surface area contributed by atoms with Gasteiger partial charge in [0.2, 0.25) is 0 Å². The van der Waals surface area contributed by atoms with Crippen molar-refractivity contribution in [2.24, 2.45) is 0 Å². The Morgan fingerprint density at radius 2 is 1.80 bits per heavy atom. The number of likely N-dealkylation sites (tertiary alicyclic amines) is 1. The number of pyridine rings is 1. The number of anilines is 2. The molecule has 1 saturated heterocycles. The van der Waals surface area contributed by atoms with Gasteiger partial charge in [-0.15, -0.1) is 0 Å². The Labute approximate surface area is 174 Å². The van der Waals surface area contributed by atoms with E-state index in [2.05, 4.69) is 21.8 Å². The standard InChI is InChI=1S/C24H24F3N3/c1-16-8-6-11-20-22(16)21(17(2)30-12-4-3-5-13-30)15-28-23(20)29-19-10-7-9-18(14-19)24(25,26)27/h6-11,14-15H,2-5,12-13H2,1H3,(H,28,29). The van der Waals surface area contributed by atoms with Crippen molar-refractivity contribution in [2.75, 3.05) is 18.4 Å². The average molecular weight is 411 g/mol. The lowest BCUT2D eigenvalue weighted by atomic mass is 9.98. The average Bonchev–Trinajstić information content (AvgIpc) is 2.74.